The van der Waals surface area contributed by atoms with Gasteiger partial charge in [0, 0.05) is 6.54 Å². The first-order valence-electron chi connectivity index (χ1n) is 4.35. The third-order valence-electron chi connectivity index (χ3n) is 1.81. The molecule has 0 saturated heterocycles. The van der Waals surface area contributed by atoms with E-state index in [-0.39, 0.29) is 12.5 Å². The third-order valence-corrected chi connectivity index (χ3v) is 2.55. The van der Waals surface area contributed by atoms with E-state index in [1.54, 1.807) is 12.1 Å². The molecule has 0 aliphatic heterocycles. The summed E-state index contributed by atoms with van der Waals surface area (Å²) < 4.78 is 4.48. The summed E-state index contributed by atoms with van der Waals surface area (Å²) in [4.78, 5) is 10.8. The number of methoxy groups -OCH3 is 1. The van der Waals surface area contributed by atoms with Crippen molar-refractivity contribution in [2.24, 2.45) is 0 Å². The molecule has 0 aliphatic carbocycles. The minimum Gasteiger partial charge on any atom is -0.468 e. The summed E-state index contributed by atoms with van der Waals surface area (Å²) in [5.41, 5.74) is 0.966. The molecule has 0 aliphatic rings. The molecule has 0 bridgehead atoms. The van der Waals surface area contributed by atoms with Gasteiger partial charge in [0.1, 0.15) is 0 Å². The average Bonchev–Trinajstić information content (AvgIpc) is 2.23. The van der Waals surface area contributed by atoms with Gasteiger partial charge in [0.05, 0.1) is 23.7 Å². The monoisotopic (exact) mass is 247 g/mol. The lowest BCUT2D eigenvalue weighted by Crippen LogP contribution is -2.23. The van der Waals surface area contributed by atoms with E-state index in [2.05, 4.69) is 10.1 Å². The zero-order valence-electron chi connectivity index (χ0n) is 8.22. The number of nitrogens with one attached hydrogen (secondary N) is 1. The number of esters is 1. The molecule has 0 heterocycles. The fourth-order valence-corrected chi connectivity index (χ4v) is 1.35. The van der Waals surface area contributed by atoms with Crippen LogP contribution in [0.3, 0.4) is 0 Å². The Labute approximate surface area is 98.3 Å². The van der Waals surface area contributed by atoms with E-state index in [9.17, 15) is 4.79 Å². The maximum Gasteiger partial charge on any atom is 0.319 e. The van der Waals surface area contributed by atoms with Gasteiger partial charge in [0.2, 0.25) is 0 Å². The van der Waals surface area contributed by atoms with Gasteiger partial charge >= 0.3 is 5.97 Å². The summed E-state index contributed by atoms with van der Waals surface area (Å²) in [5, 5.41) is 3.95. The summed E-state index contributed by atoms with van der Waals surface area (Å²) >= 11 is 11.6. The third kappa shape index (κ3) is 4.08. The Hall–Kier alpha value is -0.770. The predicted octanol–water partition coefficient (Wildman–Crippen LogP) is 2.26. The standard InChI is InChI=1S/C10H11Cl2NO2/c1-15-10(14)6-13-5-7-2-3-8(11)9(12)4-7/h2-4,13H,5-6H2,1H3. The smallest absolute Gasteiger partial charge is 0.319 e. The Bertz CT molecular complexity index is 355. The minimum absolute atomic E-state index is 0.177. The van der Waals surface area contributed by atoms with Gasteiger partial charge in [0.15, 0.2) is 0 Å². The van der Waals surface area contributed by atoms with Crippen molar-refractivity contribution in [2.45, 2.75) is 6.54 Å². The molecule has 3 nitrogen and oxygen atoms in total. The second-order valence-corrected chi connectivity index (χ2v) is 3.74. The molecular weight excluding hydrogens is 237 g/mol. The zero-order chi connectivity index (χ0) is 11.3. The number of benzene rings is 1. The van der Waals surface area contributed by atoms with E-state index in [0.717, 1.165) is 5.56 Å². The topological polar surface area (TPSA) is 38.3 Å². The second kappa shape index (κ2) is 5.95. The number of hydrogen-bond donors (Lipinski definition) is 1. The fourth-order valence-electron chi connectivity index (χ4n) is 1.03. The quantitative estimate of drug-likeness (QED) is 0.830. The van der Waals surface area contributed by atoms with Crippen LogP contribution in [-0.4, -0.2) is 19.6 Å². The molecule has 1 rings (SSSR count). The molecule has 0 unspecified atom stereocenters. The van der Waals surface area contributed by atoms with E-state index in [1.165, 1.54) is 7.11 Å². The Morgan fingerprint density at radius 3 is 2.73 bits per heavy atom. The Morgan fingerprint density at radius 1 is 1.40 bits per heavy atom. The highest BCUT2D eigenvalue weighted by Crippen LogP contribution is 2.22. The fraction of sp³-hybridized carbons (Fsp3) is 0.300. The molecule has 15 heavy (non-hydrogen) atoms. The Morgan fingerprint density at radius 2 is 2.13 bits per heavy atom. The van der Waals surface area contributed by atoms with Crippen LogP contribution in [0.4, 0.5) is 0 Å². The van der Waals surface area contributed by atoms with Gasteiger partial charge in [-0.25, -0.2) is 0 Å². The molecule has 0 radical (unpaired) electrons. The summed E-state index contributed by atoms with van der Waals surface area (Å²) in [6.45, 7) is 0.725. The summed E-state index contributed by atoms with van der Waals surface area (Å²) in [6, 6.07) is 5.33. The lowest BCUT2D eigenvalue weighted by molar-refractivity contribution is -0.139. The van der Waals surface area contributed by atoms with Crippen molar-refractivity contribution in [2.75, 3.05) is 13.7 Å². The normalized spacial score (nSPS) is 10.1. The van der Waals surface area contributed by atoms with Crippen LogP contribution in [0, 0.1) is 0 Å². The van der Waals surface area contributed by atoms with Crippen molar-refractivity contribution in [3.8, 4) is 0 Å². The predicted molar refractivity (Wildman–Crippen MR) is 60.2 cm³/mol. The average molecular weight is 248 g/mol. The number of rotatable bonds is 4. The molecule has 0 aromatic heterocycles. The van der Waals surface area contributed by atoms with Crippen molar-refractivity contribution in [3.05, 3.63) is 33.8 Å². The van der Waals surface area contributed by atoms with E-state index in [0.29, 0.717) is 16.6 Å². The number of ether oxygens (including phenoxy) is 1. The largest absolute Gasteiger partial charge is 0.468 e. The van der Waals surface area contributed by atoms with Crippen LogP contribution in [0.1, 0.15) is 5.56 Å². The summed E-state index contributed by atoms with van der Waals surface area (Å²) in [6.07, 6.45) is 0. The van der Waals surface area contributed by atoms with Crippen LogP contribution in [0.2, 0.25) is 10.0 Å². The maximum atomic E-state index is 10.8. The molecule has 0 amide bonds. The van der Waals surface area contributed by atoms with E-state index in [4.69, 9.17) is 23.2 Å². The summed E-state index contributed by atoms with van der Waals surface area (Å²) in [7, 11) is 1.35. The molecule has 1 aromatic rings. The van der Waals surface area contributed by atoms with Gasteiger partial charge in [-0.15, -0.1) is 0 Å². The molecule has 82 valence electrons. The molecule has 1 N–H and O–H groups in total. The first-order valence-corrected chi connectivity index (χ1v) is 5.10. The van der Waals surface area contributed by atoms with Crippen molar-refractivity contribution in [1.82, 2.24) is 5.32 Å². The zero-order valence-corrected chi connectivity index (χ0v) is 9.73. The molecular formula is C10H11Cl2NO2. The van der Waals surface area contributed by atoms with E-state index < -0.39 is 0 Å². The molecule has 5 heteroatoms. The van der Waals surface area contributed by atoms with Gasteiger partial charge < -0.3 is 10.1 Å². The number of halogens is 2. The van der Waals surface area contributed by atoms with Crippen molar-refractivity contribution in [3.63, 3.8) is 0 Å². The van der Waals surface area contributed by atoms with E-state index >= 15 is 0 Å². The van der Waals surface area contributed by atoms with E-state index in [1.807, 2.05) is 6.07 Å². The van der Waals surface area contributed by atoms with Gasteiger partial charge in [-0.2, -0.15) is 0 Å². The van der Waals surface area contributed by atoms with Crippen molar-refractivity contribution in [1.29, 1.82) is 0 Å². The van der Waals surface area contributed by atoms with Crippen LogP contribution in [0.15, 0.2) is 18.2 Å². The Kier molecular flexibility index (Phi) is 4.88. The van der Waals surface area contributed by atoms with Gasteiger partial charge in [-0.05, 0) is 17.7 Å². The highest BCUT2D eigenvalue weighted by Gasteiger charge is 2.01. The van der Waals surface area contributed by atoms with Crippen LogP contribution in [-0.2, 0) is 16.1 Å². The first-order chi connectivity index (χ1) is 7.13. The van der Waals surface area contributed by atoms with Crippen LogP contribution in [0.5, 0.6) is 0 Å². The SMILES string of the molecule is COC(=O)CNCc1ccc(Cl)c(Cl)c1. The molecule has 0 saturated carbocycles. The van der Waals surface area contributed by atoms with Gasteiger partial charge in [-0.1, -0.05) is 29.3 Å². The minimum atomic E-state index is -0.296. The van der Waals surface area contributed by atoms with Crippen LogP contribution >= 0.6 is 23.2 Å². The van der Waals surface area contributed by atoms with Gasteiger partial charge in [0.25, 0.3) is 0 Å². The highest BCUT2D eigenvalue weighted by molar-refractivity contribution is 6.42. The van der Waals surface area contributed by atoms with Crippen LogP contribution in [0.25, 0.3) is 0 Å². The number of hydrogen-bond acceptors (Lipinski definition) is 3. The van der Waals surface area contributed by atoms with Gasteiger partial charge in [-0.3, -0.25) is 4.79 Å². The first kappa shape index (κ1) is 12.3. The Balaban J connectivity index is 2.44. The van der Waals surface area contributed by atoms with Crippen molar-refractivity contribution < 1.29 is 9.53 Å². The highest BCUT2D eigenvalue weighted by atomic mass is 35.5. The maximum absolute atomic E-state index is 10.8. The molecule has 0 fully saturated rings. The number of carbonyl (C=O) groups excluding carboxylic acids is 1. The van der Waals surface area contributed by atoms with Crippen molar-refractivity contribution >= 4 is 29.2 Å². The molecule has 0 atom stereocenters. The molecule has 1 aromatic carbocycles. The van der Waals surface area contributed by atoms with Crippen LogP contribution < -0.4 is 5.32 Å². The second-order valence-electron chi connectivity index (χ2n) is 2.93. The lowest BCUT2D eigenvalue weighted by Gasteiger charge is -2.04. The number of carbonyl (C=O) groups is 1. The molecule has 0 spiro atoms. The lowest BCUT2D eigenvalue weighted by atomic mass is 10.2. The summed E-state index contributed by atoms with van der Waals surface area (Å²) in [5.74, 6) is -0.296.